The van der Waals surface area contributed by atoms with E-state index in [9.17, 15) is 4.79 Å². The molecular formula is C27H35N3OS2. The summed E-state index contributed by atoms with van der Waals surface area (Å²) in [6.45, 7) is 16.4. The number of aryl methyl sites for hydroxylation is 1. The van der Waals surface area contributed by atoms with Crippen molar-refractivity contribution in [3.05, 3.63) is 73.8 Å². The van der Waals surface area contributed by atoms with Crippen molar-refractivity contribution < 1.29 is 4.79 Å². The van der Waals surface area contributed by atoms with Crippen LogP contribution in [-0.2, 0) is 0 Å². The number of anilines is 1. The molecule has 33 heavy (non-hydrogen) atoms. The molecule has 3 aromatic rings. The monoisotopic (exact) mass is 481 g/mol. The van der Waals surface area contributed by atoms with Crippen LogP contribution >= 0.6 is 22.7 Å². The number of nitrogens with one attached hydrogen (secondary N) is 1. The highest BCUT2D eigenvalue weighted by molar-refractivity contribution is 7.17. The normalized spacial score (nSPS) is 16.3. The smallest absolute Gasteiger partial charge is 0.266 e. The van der Waals surface area contributed by atoms with Crippen LogP contribution in [0, 0.1) is 13.8 Å². The molecular weight excluding hydrogens is 446 g/mol. The molecule has 1 N–H and O–H groups in total. The molecule has 1 amide bonds. The summed E-state index contributed by atoms with van der Waals surface area (Å²) in [6, 6.07) is 13.1. The Kier molecular flexibility index (Phi) is 7.69. The summed E-state index contributed by atoms with van der Waals surface area (Å²) in [7, 11) is 0. The van der Waals surface area contributed by atoms with Gasteiger partial charge in [0.1, 0.15) is 5.00 Å². The van der Waals surface area contributed by atoms with E-state index in [2.05, 4.69) is 74.0 Å². The van der Waals surface area contributed by atoms with Gasteiger partial charge in [0.15, 0.2) is 0 Å². The Balaban J connectivity index is 1.74. The summed E-state index contributed by atoms with van der Waals surface area (Å²) in [5.74, 6) is 0.494. The van der Waals surface area contributed by atoms with Gasteiger partial charge >= 0.3 is 0 Å². The number of amides is 1. The average molecular weight is 482 g/mol. The first-order valence-corrected chi connectivity index (χ1v) is 13.6. The zero-order valence-corrected chi connectivity index (χ0v) is 22.0. The standard InChI is InChI=1S/C27H35N3OS2/c1-6-29-13-15-30(16-14-29)25(22-11-9-21(10-12-22)18(2)3)24-19(4)20(5)33-27(24)28-26(31)23-8-7-17-32-23/h7-12,17-18,25H,6,13-16H2,1-5H3,(H,28,31). The molecule has 1 aliphatic rings. The van der Waals surface area contributed by atoms with Gasteiger partial charge in [0.2, 0.25) is 0 Å². The van der Waals surface area contributed by atoms with Crippen molar-refractivity contribution in [3.8, 4) is 0 Å². The number of carbonyl (C=O) groups excluding carboxylic acids is 1. The van der Waals surface area contributed by atoms with Gasteiger partial charge in [-0.1, -0.05) is 51.1 Å². The molecule has 0 bridgehead atoms. The average Bonchev–Trinajstić information content (AvgIpc) is 3.45. The van der Waals surface area contributed by atoms with Gasteiger partial charge in [0.05, 0.1) is 10.9 Å². The second-order valence-electron chi connectivity index (χ2n) is 9.15. The number of hydrogen-bond donors (Lipinski definition) is 1. The number of carbonyl (C=O) groups is 1. The Bertz CT molecular complexity index is 1060. The van der Waals surface area contributed by atoms with Crippen LogP contribution in [0.2, 0.25) is 0 Å². The van der Waals surface area contributed by atoms with Crippen molar-refractivity contribution in [1.29, 1.82) is 0 Å². The molecule has 1 aromatic carbocycles. The molecule has 4 rings (SSSR count). The number of hydrogen-bond acceptors (Lipinski definition) is 5. The molecule has 6 heteroatoms. The third kappa shape index (κ3) is 5.24. The molecule has 0 saturated carbocycles. The van der Waals surface area contributed by atoms with Crippen LogP contribution in [0.15, 0.2) is 41.8 Å². The Labute approximate surface area is 206 Å². The van der Waals surface area contributed by atoms with Gasteiger partial charge in [0.25, 0.3) is 5.91 Å². The van der Waals surface area contributed by atoms with E-state index >= 15 is 0 Å². The zero-order chi connectivity index (χ0) is 23.5. The van der Waals surface area contributed by atoms with Gasteiger partial charge < -0.3 is 10.2 Å². The Hall–Kier alpha value is -1.99. The highest BCUT2D eigenvalue weighted by Crippen LogP contribution is 2.43. The van der Waals surface area contributed by atoms with E-state index in [4.69, 9.17) is 0 Å². The predicted octanol–water partition coefficient (Wildman–Crippen LogP) is 6.53. The largest absolute Gasteiger partial charge is 0.313 e. The lowest BCUT2D eigenvalue weighted by Gasteiger charge is -2.40. The fraction of sp³-hybridized carbons (Fsp3) is 0.444. The van der Waals surface area contributed by atoms with E-state index in [1.165, 1.54) is 38.5 Å². The molecule has 1 saturated heterocycles. The van der Waals surface area contributed by atoms with E-state index in [1.807, 2.05) is 17.5 Å². The molecule has 1 fully saturated rings. The fourth-order valence-corrected chi connectivity index (χ4v) is 6.31. The van der Waals surface area contributed by atoms with E-state index < -0.39 is 0 Å². The molecule has 1 unspecified atom stereocenters. The number of likely N-dealkylation sites (N-methyl/N-ethyl adjacent to an activating group) is 1. The van der Waals surface area contributed by atoms with Crippen LogP contribution in [0.5, 0.6) is 0 Å². The van der Waals surface area contributed by atoms with Crippen LogP contribution < -0.4 is 5.32 Å². The Morgan fingerprint density at radius 2 is 1.70 bits per heavy atom. The van der Waals surface area contributed by atoms with E-state index in [1.54, 1.807) is 11.3 Å². The molecule has 4 nitrogen and oxygen atoms in total. The summed E-state index contributed by atoms with van der Waals surface area (Å²) in [4.78, 5) is 20.1. The van der Waals surface area contributed by atoms with Crippen molar-refractivity contribution in [2.24, 2.45) is 0 Å². The van der Waals surface area contributed by atoms with Gasteiger partial charge in [-0.15, -0.1) is 22.7 Å². The van der Waals surface area contributed by atoms with Crippen molar-refractivity contribution in [1.82, 2.24) is 9.80 Å². The Morgan fingerprint density at radius 1 is 1.03 bits per heavy atom. The minimum absolute atomic E-state index is 0.0165. The van der Waals surface area contributed by atoms with Gasteiger partial charge in [-0.3, -0.25) is 9.69 Å². The van der Waals surface area contributed by atoms with Crippen molar-refractivity contribution in [2.45, 2.75) is 46.6 Å². The first-order chi connectivity index (χ1) is 15.9. The molecule has 1 aliphatic heterocycles. The van der Waals surface area contributed by atoms with Gasteiger partial charge in [-0.05, 0) is 54.4 Å². The van der Waals surface area contributed by atoms with E-state index in [0.717, 1.165) is 42.6 Å². The lowest BCUT2D eigenvalue weighted by atomic mass is 9.92. The minimum Gasteiger partial charge on any atom is -0.313 e. The third-order valence-corrected chi connectivity index (χ3v) is 8.82. The maximum absolute atomic E-state index is 13.0. The third-order valence-electron chi connectivity index (χ3n) is 6.82. The van der Waals surface area contributed by atoms with E-state index in [-0.39, 0.29) is 11.9 Å². The first kappa shape index (κ1) is 24.1. The van der Waals surface area contributed by atoms with Crippen molar-refractivity contribution in [2.75, 3.05) is 38.0 Å². The minimum atomic E-state index is -0.0165. The van der Waals surface area contributed by atoms with Crippen molar-refractivity contribution in [3.63, 3.8) is 0 Å². The van der Waals surface area contributed by atoms with Crippen molar-refractivity contribution >= 4 is 33.6 Å². The molecule has 1 atom stereocenters. The Morgan fingerprint density at radius 3 is 2.27 bits per heavy atom. The fourth-order valence-electron chi connectivity index (χ4n) is 4.60. The number of piperazine rings is 1. The summed E-state index contributed by atoms with van der Waals surface area (Å²) < 4.78 is 0. The van der Waals surface area contributed by atoms with E-state index in [0.29, 0.717) is 5.92 Å². The zero-order valence-electron chi connectivity index (χ0n) is 20.4. The number of benzene rings is 1. The molecule has 3 heterocycles. The molecule has 2 aromatic heterocycles. The van der Waals surface area contributed by atoms with Gasteiger partial charge in [-0.2, -0.15) is 0 Å². The summed E-state index contributed by atoms with van der Waals surface area (Å²) >= 11 is 3.19. The van der Waals surface area contributed by atoms with Crippen LogP contribution in [0.1, 0.15) is 69.5 Å². The highest BCUT2D eigenvalue weighted by Gasteiger charge is 2.31. The lowest BCUT2D eigenvalue weighted by Crippen LogP contribution is -2.47. The maximum atomic E-state index is 13.0. The molecule has 0 aliphatic carbocycles. The second-order valence-corrected chi connectivity index (χ2v) is 11.3. The number of nitrogens with zero attached hydrogens (tertiary/aromatic N) is 2. The van der Waals surface area contributed by atoms with Crippen LogP contribution in [0.4, 0.5) is 5.00 Å². The van der Waals surface area contributed by atoms with Gasteiger partial charge in [-0.25, -0.2) is 0 Å². The molecule has 0 radical (unpaired) electrons. The summed E-state index contributed by atoms with van der Waals surface area (Å²) in [5.41, 5.74) is 5.21. The molecule has 176 valence electrons. The SMILES string of the molecule is CCN1CCN(C(c2ccc(C(C)C)cc2)c2c(NC(=O)c3cccs3)sc(C)c2C)CC1. The summed E-state index contributed by atoms with van der Waals surface area (Å²) in [5, 5.41) is 6.20. The highest BCUT2D eigenvalue weighted by atomic mass is 32.1. The van der Waals surface area contributed by atoms with Crippen LogP contribution in [-0.4, -0.2) is 48.4 Å². The van der Waals surface area contributed by atoms with Crippen LogP contribution in [0.25, 0.3) is 0 Å². The topological polar surface area (TPSA) is 35.6 Å². The lowest BCUT2D eigenvalue weighted by molar-refractivity contribution is 0.102. The van der Waals surface area contributed by atoms with Crippen LogP contribution in [0.3, 0.4) is 0 Å². The quantitative estimate of drug-likeness (QED) is 0.417. The molecule has 0 spiro atoms. The second kappa shape index (κ2) is 10.5. The maximum Gasteiger partial charge on any atom is 0.266 e. The number of thiophene rings is 2. The number of rotatable bonds is 7. The first-order valence-electron chi connectivity index (χ1n) is 11.9. The van der Waals surface area contributed by atoms with Gasteiger partial charge in [0, 0.05) is 36.6 Å². The predicted molar refractivity (Wildman–Crippen MR) is 142 cm³/mol. The summed E-state index contributed by atoms with van der Waals surface area (Å²) in [6.07, 6.45) is 0.